The average molecular weight is 341 g/mol. The van der Waals surface area contributed by atoms with Gasteiger partial charge in [0.25, 0.3) is 0 Å². The number of rotatable bonds is 3. The molecule has 86 valence electrons. The highest BCUT2D eigenvalue weighted by molar-refractivity contribution is 14.0. The highest BCUT2D eigenvalue weighted by Gasteiger charge is 2.02. The molecule has 0 radical (unpaired) electrons. The van der Waals surface area contributed by atoms with E-state index in [-0.39, 0.29) is 24.0 Å². The van der Waals surface area contributed by atoms with Crippen molar-refractivity contribution in [2.45, 2.75) is 33.4 Å². The van der Waals surface area contributed by atoms with Crippen molar-refractivity contribution in [2.75, 3.05) is 0 Å². The van der Waals surface area contributed by atoms with Crippen LogP contribution in [0.2, 0.25) is 0 Å². The van der Waals surface area contributed by atoms with Crippen molar-refractivity contribution < 1.29 is 0 Å². The lowest BCUT2D eigenvalue weighted by Gasteiger charge is -2.07. The molecule has 5 nitrogen and oxygen atoms in total. The summed E-state index contributed by atoms with van der Waals surface area (Å²) in [6.45, 7) is 6.50. The Labute approximate surface area is 111 Å². The van der Waals surface area contributed by atoms with Gasteiger partial charge in [-0.2, -0.15) is 0 Å². The van der Waals surface area contributed by atoms with Crippen molar-refractivity contribution in [2.24, 2.45) is 10.7 Å². The monoisotopic (exact) mass is 341 g/mol. The lowest BCUT2D eigenvalue weighted by molar-refractivity contribution is 0.724. The molecule has 1 heterocycles. The van der Waals surface area contributed by atoms with E-state index in [0.717, 1.165) is 10.6 Å². The molecule has 0 saturated heterocycles. The summed E-state index contributed by atoms with van der Waals surface area (Å²) in [5.74, 6) is 0.466. The van der Waals surface area contributed by atoms with Gasteiger partial charge in [0, 0.05) is 6.04 Å². The smallest absolute Gasteiger partial charge is 0.189 e. The van der Waals surface area contributed by atoms with Crippen LogP contribution < -0.4 is 11.1 Å². The summed E-state index contributed by atoms with van der Waals surface area (Å²) < 4.78 is 3.82. The first-order valence-electron chi connectivity index (χ1n) is 4.44. The Hall–Kier alpha value is -0.440. The zero-order chi connectivity index (χ0) is 10.6. The second-order valence-electron chi connectivity index (χ2n) is 3.28. The fraction of sp³-hybridized carbons (Fsp3) is 0.625. The van der Waals surface area contributed by atoms with Crippen molar-refractivity contribution >= 4 is 41.5 Å². The molecule has 0 aliphatic rings. The lowest BCUT2D eigenvalue weighted by atomic mass is 10.4. The molecular formula is C8H16IN5S. The topological polar surface area (TPSA) is 76.2 Å². The number of nitrogens with one attached hydrogen (secondary N) is 1. The molecule has 0 fully saturated rings. The first-order valence-corrected chi connectivity index (χ1v) is 5.21. The highest BCUT2D eigenvalue weighted by Crippen LogP contribution is 2.09. The van der Waals surface area contributed by atoms with Gasteiger partial charge in [-0.05, 0) is 32.3 Å². The number of guanidine groups is 1. The van der Waals surface area contributed by atoms with E-state index < -0.39 is 0 Å². The van der Waals surface area contributed by atoms with Crippen LogP contribution in [0.1, 0.15) is 24.4 Å². The van der Waals surface area contributed by atoms with Gasteiger partial charge < -0.3 is 11.1 Å². The second-order valence-corrected chi connectivity index (χ2v) is 4.12. The number of halogens is 1. The molecule has 1 aromatic heterocycles. The summed E-state index contributed by atoms with van der Waals surface area (Å²) in [5.41, 5.74) is 6.57. The number of nitrogens with two attached hydrogens (primary N) is 1. The maximum Gasteiger partial charge on any atom is 0.189 e. The van der Waals surface area contributed by atoms with E-state index >= 15 is 0 Å². The zero-order valence-corrected chi connectivity index (χ0v) is 12.2. The first kappa shape index (κ1) is 14.6. The molecule has 1 rings (SSSR count). The number of hydrogen-bond acceptors (Lipinski definition) is 4. The maximum absolute atomic E-state index is 5.64. The molecule has 0 atom stereocenters. The van der Waals surface area contributed by atoms with Gasteiger partial charge in [0.15, 0.2) is 5.96 Å². The Morgan fingerprint density at radius 3 is 2.73 bits per heavy atom. The number of aryl methyl sites for hydroxylation is 1. The highest BCUT2D eigenvalue weighted by atomic mass is 127. The van der Waals surface area contributed by atoms with Crippen LogP contribution in [0, 0.1) is 6.92 Å². The Bertz CT molecular complexity index is 323. The molecule has 7 heteroatoms. The standard InChI is InChI=1S/C8H15N5S.HI/c1-5(2)11-8(9)10-4-7-6(3)12-13-14-7;/h5H,4H2,1-3H3,(H3,9,10,11);1H. The summed E-state index contributed by atoms with van der Waals surface area (Å²) in [5, 5.41) is 6.91. The van der Waals surface area contributed by atoms with Gasteiger partial charge in [-0.15, -0.1) is 29.1 Å². The molecular weight excluding hydrogens is 325 g/mol. The third kappa shape index (κ3) is 5.26. The first-order chi connectivity index (χ1) is 6.59. The Morgan fingerprint density at radius 2 is 2.27 bits per heavy atom. The van der Waals surface area contributed by atoms with E-state index in [4.69, 9.17) is 5.73 Å². The van der Waals surface area contributed by atoms with E-state index in [1.807, 2.05) is 20.8 Å². The molecule has 0 aliphatic heterocycles. The summed E-state index contributed by atoms with van der Waals surface area (Å²) in [6.07, 6.45) is 0. The predicted octanol–water partition coefficient (Wildman–Crippen LogP) is 1.28. The number of nitrogens with zero attached hydrogens (tertiary/aromatic N) is 3. The van der Waals surface area contributed by atoms with Crippen LogP contribution in [0.25, 0.3) is 0 Å². The SMILES string of the molecule is Cc1nnsc1CN=C(N)NC(C)C.I. The average Bonchev–Trinajstić information content (AvgIpc) is 2.46. The third-order valence-electron chi connectivity index (χ3n) is 1.57. The van der Waals surface area contributed by atoms with Gasteiger partial charge in [0.2, 0.25) is 0 Å². The van der Waals surface area contributed by atoms with Crippen LogP contribution in [0.5, 0.6) is 0 Å². The molecule has 0 aliphatic carbocycles. The summed E-state index contributed by atoms with van der Waals surface area (Å²) in [7, 11) is 0. The molecule has 1 aromatic rings. The number of hydrogen-bond donors (Lipinski definition) is 2. The minimum atomic E-state index is 0. The van der Waals surface area contributed by atoms with Crippen LogP contribution in [0.3, 0.4) is 0 Å². The van der Waals surface area contributed by atoms with Crippen LogP contribution in [0.4, 0.5) is 0 Å². The molecule has 0 spiro atoms. The van der Waals surface area contributed by atoms with Crippen LogP contribution >= 0.6 is 35.5 Å². The Balaban J connectivity index is 0.00000196. The molecule has 0 aromatic carbocycles. The maximum atomic E-state index is 5.64. The van der Waals surface area contributed by atoms with Gasteiger partial charge in [0.05, 0.1) is 17.1 Å². The van der Waals surface area contributed by atoms with Crippen molar-refractivity contribution in [1.82, 2.24) is 14.9 Å². The second kappa shape index (κ2) is 6.94. The van der Waals surface area contributed by atoms with Crippen molar-refractivity contribution in [3.8, 4) is 0 Å². The van der Waals surface area contributed by atoms with Crippen molar-refractivity contribution in [3.05, 3.63) is 10.6 Å². The summed E-state index contributed by atoms with van der Waals surface area (Å²) in [6, 6.07) is 0.305. The normalized spacial score (nSPS) is 11.3. The third-order valence-corrected chi connectivity index (χ3v) is 2.38. The van der Waals surface area contributed by atoms with Gasteiger partial charge in [-0.25, -0.2) is 4.99 Å². The van der Waals surface area contributed by atoms with E-state index in [1.54, 1.807) is 0 Å². The van der Waals surface area contributed by atoms with Gasteiger partial charge in [0.1, 0.15) is 0 Å². The van der Waals surface area contributed by atoms with Gasteiger partial charge in [-0.1, -0.05) is 4.49 Å². The molecule has 0 amide bonds. The van der Waals surface area contributed by atoms with Crippen LogP contribution in [-0.4, -0.2) is 21.6 Å². The van der Waals surface area contributed by atoms with Crippen molar-refractivity contribution in [1.29, 1.82) is 0 Å². The Kier molecular flexibility index (Phi) is 6.73. The number of aromatic nitrogens is 2. The van der Waals surface area contributed by atoms with Crippen LogP contribution in [0.15, 0.2) is 4.99 Å². The van der Waals surface area contributed by atoms with Crippen molar-refractivity contribution in [3.63, 3.8) is 0 Å². The van der Waals surface area contributed by atoms with E-state index in [9.17, 15) is 0 Å². The fourth-order valence-electron chi connectivity index (χ4n) is 0.894. The van der Waals surface area contributed by atoms with Gasteiger partial charge >= 0.3 is 0 Å². The molecule has 0 bridgehead atoms. The molecule has 0 unspecified atom stereocenters. The summed E-state index contributed by atoms with van der Waals surface area (Å²) in [4.78, 5) is 5.24. The predicted molar refractivity (Wildman–Crippen MR) is 73.7 cm³/mol. The minimum Gasteiger partial charge on any atom is -0.370 e. The molecule has 3 N–H and O–H groups in total. The quantitative estimate of drug-likeness (QED) is 0.493. The molecule has 15 heavy (non-hydrogen) atoms. The minimum absolute atomic E-state index is 0. The zero-order valence-electron chi connectivity index (χ0n) is 9.02. The summed E-state index contributed by atoms with van der Waals surface area (Å²) >= 11 is 1.36. The van der Waals surface area contributed by atoms with Gasteiger partial charge in [-0.3, -0.25) is 0 Å². The molecule has 0 saturated carbocycles. The largest absolute Gasteiger partial charge is 0.370 e. The lowest BCUT2D eigenvalue weighted by Crippen LogP contribution is -2.36. The fourth-order valence-corrected chi connectivity index (χ4v) is 1.45. The van der Waals surface area contributed by atoms with E-state index in [2.05, 4.69) is 19.9 Å². The van der Waals surface area contributed by atoms with E-state index in [1.165, 1.54) is 11.5 Å². The van der Waals surface area contributed by atoms with E-state index in [0.29, 0.717) is 18.5 Å². The number of aliphatic imine (C=N–C) groups is 1. The Morgan fingerprint density at radius 1 is 1.60 bits per heavy atom. The van der Waals surface area contributed by atoms with Crippen LogP contribution in [-0.2, 0) is 6.54 Å².